The molecule has 0 radical (unpaired) electrons. The SMILES string of the molecule is CCCOC(=O)c1ccc(OC[C@H]2C[N+]34CCO[B-]3(OCC4)O2)cc1. The smallest absolute Gasteiger partial charge is 0.491 e. The average Bonchev–Trinajstić information content (AvgIpc) is 3.20. The van der Waals surface area contributed by atoms with Crippen molar-refractivity contribution < 1.29 is 32.6 Å². The number of quaternary nitrogens is 1. The number of rotatable bonds is 6. The van der Waals surface area contributed by atoms with Crippen LogP contribution in [0.4, 0.5) is 0 Å². The van der Waals surface area contributed by atoms with Crippen LogP contribution in [-0.2, 0) is 18.7 Å². The molecule has 3 aliphatic heterocycles. The summed E-state index contributed by atoms with van der Waals surface area (Å²) in [4.78, 5) is 11.8. The summed E-state index contributed by atoms with van der Waals surface area (Å²) >= 11 is 0. The lowest BCUT2D eigenvalue weighted by Crippen LogP contribution is -2.59. The first-order chi connectivity index (χ1) is 12.2. The van der Waals surface area contributed by atoms with Crippen molar-refractivity contribution in [1.82, 2.24) is 0 Å². The van der Waals surface area contributed by atoms with Gasteiger partial charge < -0.3 is 27.8 Å². The number of carbonyl (C=O) groups is 1. The summed E-state index contributed by atoms with van der Waals surface area (Å²) in [6.45, 7) is 5.36. The van der Waals surface area contributed by atoms with E-state index in [1.165, 1.54) is 0 Å². The van der Waals surface area contributed by atoms with Crippen LogP contribution in [0.2, 0.25) is 0 Å². The minimum Gasteiger partial charge on any atom is -0.491 e. The average molecular weight is 349 g/mol. The minimum absolute atomic E-state index is 0.0465. The standard InChI is InChI=1S/C17H24BNO6/c1-2-9-21-17(20)14-3-5-15(6-4-14)22-13-16-12-19-7-10-23-18(19,25-16)24-11-8-19/h3-6,16H,2,7-13H2,1H3/t16-,18?,19?/m1/s1. The third-order valence-electron chi connectivity index (χ3n) is 5.30. The highest BCUT2D eigenvalue weighted by atomic mass is 16.8. The van der Waals surface area contributed by atoms with E-state index in [2.05, 4.69) is 0 Å². The van der Waals surface area contributed by atoms with Gasteiger partial charge in [-0.3, -0.25) is 0 Å². The lowest BCUT2D eigenvalue weighted by Gasteiger charge is -2.37. The highest BCUT2D eigenvalue weighted by Crippen LogP contribution is 2.41. The second-order valence-corrected chi connectivity index (χ2v) is 6.92. The molecule has 136 valence electrons. The summed E-state index contributed by atoms with van der Waals surface area (Å²) < 4.78 is 29.5. The van der Waals surface area contributed by atoms with Crippen molar-refractivity contribution in [2.75, 3.05) is 46.1 Å². The lowest BCUT2D eigenvalue weighted by molar-refractivity contribution is -0.816. The summed E-state index contributed by atoms with van der Waals surface area (Å²) in [6, 6.07) is 7.00. The van der Waals surface area contributed by atoms with E-state index in [1.54, 1.807) is 24.3 Å². The highest BCUT2D eigenvalue weighted by molar-refractivity contribution is 6.54. The quantitative estimate of drug-likeness (QED) is 0.571. The Morgan fingerprint density at radius 2 is 1.96 bits per heavy atom. The normalized spacial score (nSPS) is 33.1. The van der Waals surface area contributed by atoms with Crippen LogP contribution in [0.25, 0.3) is 0 Å². The van der Waals surface area contributed by atoms with Crippen molar-refractivity contribution in [3.63, 3.8) is 0 Å². The van der Waals surface area contributed by atoms with Gasteiger partial charge in [0.25, 0.3) is 0 Å². The molecule has 3 heterocycles. The van der Waals surface area contributed by atoms with Crippen molar-refractivity contribution in [3.8, 4) is 5.75 Å². The number of benzene rings is 1. The molecule has 4 rings (SSSR count). The van der Waals surface area contributed by atoms with Gasteiger partial charge >= 0.3 is 12.9 Å². The van der Waals surface area contributed by atoms with Crippen LogP contribution < -0.4 is 4.74 Å². The highest BCUT2D eigenvalue weighted by Gasteiger charge is 2.66. The molecule has 0 saturated carbocycles. The molecule has 0 aliphatic carbocycles. The van der Waals surface area contributed by atoms with Gasteiger partial charge in [0, 0.05) is 0 Å². The van der Waals surface area contributed by atoms with E-state index in [4.69, 9.17) is 23.4 Å². The molecule has 1 aromatic carbocycles. The Bertz CT molecular complexity index is 607. The van der Waals surface area contributed by atoms with Crippen LogP contribution in [0.3, 0.4) is 0 Å². The molecule has 0 aromatic heterocycles. The first-order valence-electron chi connectivity index (χ1n) is 9.01. The largest absolute Gasteiger partial charge is 0.625 e. The molecule has 0 N–H and O–H groups in total. The van der Waals surface area contributed by atoms with Crippen LogP contribution in [0, 0.1) is 0 Å². The van der Waals surface area contributed by atoms with Gasteiger partial charge in [-0.05, 0) is 30.7 Å². The third-order valence-corrected chi connectivity index (χ3v) is 5.30. The summed E-state index contributed by atoms with van der Waals surface area (Å²) in [5.74, 6) is 0.398. The van der Waals surface area contributed by atoms with Crippen molar-refractivity contribution >= 4 is 12.9 Å². The fraction of sp³-hybridized carbons (Fsp3) is 0.588. The molecule has 0 unspecified atom stereocenters. The number of ether oxygens (including phenoxy) is 2. The molecule has 7 nitrogen and oxygen atoms in total. The summed E-state index contributed by atoms with van der Waals surface area (Å²) in [5, 5.41) is 0. The Kier molecular flexibility index (Phi) is 4.45. The summed E-state index contributed by atoms with van der Waals surface area (Å²) in [6.07, 6.45) is 0.764. The maximum Gasteiger partial charge on any atom is 0.625 e. The summed E-state index contributed by atoms with van der Waals surface area (Å²) in [7, 11) is 0. The fourth-order valence-electron chi connectivity index (χ4n) is 4.02. The molecule has 0 amide bonds. The van der Waals surface area contributed by atoms with Gasteiger partial charge in [-0.15, -0.1) is 0 Å². The number of esters is 1. The molecular formula is C17H24BNO6. The summed E-state index contributed by atoms with van der Waals surface area (Å²) in [5.41, 5.74) is 0.529. The topological polar surface area (TPSA) is 63.2 Å². The molecule has 3 aliphatic rings. The first kappa shape index (κ1) is 16.8. The zero-order valence-electron chi connectivity index (χ0n) is 14.5. The van der Waals surface area contributed by atoms with Crippen molar-refractivity contribution in [3.05, 3.63) is 29.8 Å². The van der Waals surface area contributed by atoms with Crippen molar-refractivity contribution in [2.24, 2.45) is 0 Å². The zero-order chi connectivity index (χ0) is 17.3. The lowest BCUT2D eigenvalue weighted by atomic mass is 9.94. The number of carbonyl (C=O) groups excluding carboxylic acids is 1. The van der Waals surface area contributed by atoms with Crippen molar-refractivity contribution in [2.45, 2.75) is 19.4 Å². The van der Waals surface area contributed by atoms with Crippen LogP contribution in [0.5, 0.6) is 5.75 Å². The Morgan fingerprint density at radius 3 is 2.60 bits per heavy atom. The first-order valence-corrected chi connectivity index (χ1v) is 9.01. The molecule has 25 heavy (non-hydrogen) atoms. The van der Waals surface area contributed by atoms with Crippen molar-refractivity contribution in [1.29, 1.82) is 0 Å². The molecule has 0 bridgehead atoms. The van der Waals surface area contributed by atoms with Crippen LogP contribution in [0.15, 0.2) is 24.3 Å². The second kappa shape index (κ2) is 6.61. The molecule has 3 fully saturated rings. The Hall–Kier alpha value is -1.61. The number of nitrogens with zero attached hydrogens (tertiary/aromatic N) is 1. The van der Waals surface area contributed by atoms with E-state index in [0.717, 1.165) is 30.4 Å². The molecule has 1 aromatic rings. The molecule has 0 spiro atoms. The van der Waals surface area contributed by atoms with E-state index in [-0.39, 0.29) is 12.1 Å². The van der Waals surface area contributed by atoms with E-state index >= 15 is 0 Å². The van der Waals surface area contributed by atoms with Crippen LogP contribution in [0.1, 0.15) is 23.7 Å². The Balaban J connectivity index is 1.32. The van der Waals surface area contributed by atoms with Gasteiger partial charge in [0.2, 0.25) is 0 Å². The van der Waals surface area contributed by atoms with Gasteiger partial charge in [0.05, 0.1) is 45.0 Å². The van der Waals surface area contributed by atoms with Crippen LogP contribution >= 0.6 is 0 Å². The van der Waals surface area contributed by atoms with E-state index in [9.17, 15) is 4.79 Å². The number of hydrogen-bond acceptors (Lipinski definition) is 6. The van der Waals surface area contributed by atoms with Crippen LogP contribution in [-0.4, -0.2) is 69.4 Å². The maximum atomic E-state index is 11.8. The maximum absolute atomic E-state index is 11.8. The predicted octanol–water partition coefficient (Wildman–Crippen LogP) is 1.34. The minimum atomic E-state index is -1.63. The van der Waals surface area contributed by atoms with Gasteiger partial charge in [-0.1, -0.05) is 6.92 Å². The number of hydrogen-bond donors (Lipinski definition) is 0. The Morgan fingerprint density at radius 1 is 1.24 bits per heavy atom. The van der Waals surface area contributed by atoms with Gasteiger partial charge in [0.1, 0.15) is 18.5 Å². The monoisotopic (exact) mass is 349 g/mol. The van der Waals surface area contributed by atoms with Gasteiger partial charge in [-0.2, -0.15) is 0 Å². The zero-order valence-corrected chi connectivity index (χ0v) is 14.5. The molecule has 1 atom stereocenters. The molecule has 8 heteroatoms. The predicted molar refractivity (Wildman–Crippen MR) is 89.9 cm³/mol. The van der Waals surface area contributed by atoms with E-state index in [1.807, 2.05) is 6.92 Å². The fourth-order valence-corrected chi connectivity index (χ4v) is 4.02. The van der Waals surface area contributed by atoms with E-state index in [0.29, 0.717) is 37.7 Å². The van der Waals surface area contributed by atoms with Gasteiger partial charge in [0.15, 0.2) is 0 Å². The van der Waals surface area contributed by atoms with Gasteiger partial charge in [-0.25, -0.2) is 4.79 Å². The third kappa shape index (κ3) is 2.93. The molecular weight excluding hydrogens is 325 g/mol. The van der Waals surface area contributed by atoms with E-state index < -0.39 is 6.89 Å². The second-order valence-electron chi connectivity index (χ2n) is 6.92. The molecule has 3 saturated heterocycles. The Labute approximate surface area is 147 Å².